The highest BCUT2D eigenvalue weighted by atomic mass is 79.9. The Morgan fingerprint density at radius 1 is 1.43 bits per heavy atom. The summed E-state index contributed by atoms with van der Waals surface area (Å²) in [6.45, 7) is 4.57. The standard InChI is InChI=1S/C12H16Br2N4O2S/c1-7(11(15)16-20)17-2-4-18(5-3-17)12(19)9-6-8(13)10(14)21-9/h6-7,20H,2-5H2,1H3,(H2,15,16). The molecular weight excluding hydrogens is 424 g/mol. The van der Waals surface area contributed by atoms with Crippen LogP contribution in [-0.2, 0) is 0 Å². The highest BCUT2D eigenvalue weighted by Gasteiger charge is 2.27. The second-order valence-corrected chi connectivity index (χ2v) is 7.99. The molecule has 1 aliphatic rings. The Morgan fingerprint density at radius 3 is 2.52 bits per heavy atom. The summed E-state index contributed by atoms with van der Waals surface area (Å²) in [5, 5.41) is 11.8. The molecule has 1 atom stereocenters. The van der Waals surface area contributed by atoms with Crippen LogP contribution >= 0.6 is 43.2 Å². The Hall–Kier alpha value is -0.640. The summed E-state index contributed by atoms with van der Waals surface area (Å²) in [6, 6.07) is 1.71. The zero-order valence-corrected chi connectivity index (χ0v) is 15.4. The molecule has 0 saturated carbocycles. The van der Waals surface area contributed by atoms with Crippen LogP contribution in [-0.4, -0.2) is 59.0 Å². The van der Waals surface area contributed by atoms with E-state index in [1.54, 1.807) is 0 Å². The number of carbonyl (C=O) groups excluding carboxylic acids is 1. The van der Waals surface area contributed by atoms with Gasteiger partial charge < -0.3 is 15.8 Å². The van der Waals surface area contributed by atoms with E-state index in [1.807, 2.05) is 17.9 Å². The highest BCUT2D eigenvalue weighted by Crippen LogP contribution is 2.33. The third-order valence-electron chi connectivity index (χ3n) is 3.55. The van der Waals surface area contributed by atoms with E-state index >= 15 is 0 Å². The fourth-order valence-electron chi connectivity index (χ4n) is 2.19. The maximum Gasteiger partial charge on any atom is 0.264 e. The number of rotatable bonds is 3. The first-order valence-corrected chi connectivity index (χ1v) is 8.80. The Bertz CT molecular complexity index is 536. The normalized spacial score (nSPS) is 18.8. The molecule has 0 radical (unpaired) electrons. The molecule has 1 fully saturated rings. The van der Waals surface area contributed by atoms with E-state index < -0.39 is 0 Å². The van der Waals surface area contributed by atoms with Crippen LogP contribution in [0, 0.1) is 0 Å². The first-order chi connectivity index (χ1) is 9.93. The lowest BCUT2D eigenvalue weighted by Crippen LogP contribution is -2.54. The number of piperazine rings is 1. The van der Waals surface area contributed by atoms with Crippen molar-refractivity contribution in [3.63, 3.8) is 0 Å². The molecule has 1 unspecified atom stereocenters. The molecule has 9 heteroatoms. The molecule has 0 spiro atoms. The predicted octanol–water partition coefficient (Wildman–Crippen LogP) is 2.17. The zero-order valence-electron chi connectivity index (χ0n) is 11.4. The number of amides is 1. The Morgan fingerprint density at radius 2 is 2.05 bits per heavy atom. The molecule has 2 rings (SSSR count). The fourth-order valence-corrected chi connectivity index (χ4v) is 4.19. The molecule has 1 aromatic rings. The highest BCUT2D eigenvalue weighted by molar-refractivity contribution is 9.13. The van der Waals surface area contributed by atoms with Crippen LogP contribution in [0.4, 0.5) is 0 Å². The average Bonchev–Trinajstić information content (AvgIpc) is 2.84. The zero-order chi connectivity index (χ0) is 15.6. The van der Waals surface area contributed by atoms with Crippen molar-refractivity contribution in [2.75, 3.05) is 26.2 Å². The molecule has 1 aliphatic heterocycles. The number of thiophene rings is 1. The van der Waals surface area contributed by atoms with E-state index in [0.717, 1.165) is 8.26 Å². The van der Waals surface area contributed by atoms with Crippen molar-refractivity contribution in [3.8, 4) is 0 Å². The van der Waals surface area contributed by atoms with E-state index in [-0.39, 0.29) is 17.8 Å². The Balaban J connectivity index is 1.96. The minimum absolute atomic E-state index is 0.0440. The van der Waals surface area contributed by atoms with Crippen molar-refractivity contribution < 1.29 is 10.0 Å². The van der Waals surface area contributed by atoms with Gasteiger partial charge in [0.2, 0.25) is 0 Å². The van der Waals surface area contributed by atoms with Crippen LogP contribution in [0.2, 0.25) is 0 Å². The van der Waals surface area contributed by atoms with Crippen molar-refractivity contribution in [2.24, 2.45) is 10.9 Å². The second kappa shape index (κ2) is 7.08. The molecule has 21 heavy (non-hydrogen) atoms. The number of carbonyl (C=O) groups is 1. The van der Waals surface area contributed by atoms with E-state index in [0.29, 0.717) is 31.1 Å². The largest absolute Gasteiger partial charge is 0.409 e. The SMILES string of the molecule is CC(C(N)=NO)N1CCN(C(=O)c2cc(Br)c(Br)s2)CC1. The van der Waals surface area contributed by atoms with Gasteiger partial charge in [0.15, 0.2) is 5.84 Å². The summed E-state index contributed by atoms with van der Waals surface area (Å²) >= 11 is 8.22. The van der Waals surface area contributed by atoms with E-state index in [4.69, 9.17) is 10.9 Å². The molecule has 6 nitrogen and oxygen atoms in total. The van der Waals surface area contributed by atoms with Crippen LogP contribution in [0.1, 0.15) is 16.6 Å². The van der Waals surface area contributed by atoms with Gasteiger partial charge in [-0.25, -0.2) is 0 Å². The number of amidine groups is 1. The van der Waals surface area contributed by atoms with Crippen molar-refractivity contribution in [3.05, 3.63) is 19.2 Å². The van der Waals surface area contributed by atoms with E-state index in [2.05, 4.69) is 41.9 Å². The predicted molar refractivity (Wildman–Crippen MR) is 90.1 cm³/mol. The summed E-state index contributed by atoms with van der Waals surface area (Å²) in [6.07, 6.45) is 0. The van der Waals surface area contributed by atoms with Crippen LogP contribution in [0.15, 0.2) is 19.5 Å². The monoisotopic (exact) mass is 438 g/mol. The van der Waals surface area contributed by atoms with Gasteiger partial charge in [-0.2, -0.15) is 0 Å². The van der Waals surface area contributed by atoms with Crippen molar-refractivity contribution in [1.29, 1.82) is 0 Å². The van der Waals surface area contributed by atoms with E-state index in [1.165, 1.54) is 11.3 Å². The van der Waals surface area contributed by atoms with Crippen LogP contribution < -0.4 is 5.73 Å². The first-order valence-electron chi connectivity index (χ1n) is 6.39. The molecule has 116 valence electrons. The summed E-state index contributed by atoms with van der Waals surface area (Å²) in [5.41, 5.74) is 5.62. The quantitative estimate of drug-likeness (QED) is 0.327. The maximum absolute atomic E-state index is 12.4. The van der Waals surface area contributed by atoms with Gasteiger partial charge in [-0.05, 0) is 44.8 Å². The van der Waals surface area contributed by atoms with Gasteiger partial charge in [-0.15, -0.1) is 11.3 Å². The minimum Gasteiger partial charge on any atom is -0.409 e. The molecule has 1 amide bonds. The number of nitrogens with two attached hydrogens (primary N) is 1. The molecule has 3 N–H and O–H groups in total. The van der Waals surface area contributed by atoms with Gasteiger partial charge in [0.25, 0.3) is 5.91 Å². The average molecular weight is 440 g/mol. The number of nitrogens with zero attached hydrogens (tertiary/aromatic N) is 3. The lowest BCUT2D eigenvalue weighted by atomic mass is 10.2. The molecular formula is C12H16Br2N4O2S. The van der Waals surface area contributed by atoms with Gasteiger partial charge >= 0.3 is 0 Å². The van der Waals surface area contributed by atoms with Crippen LogP contribution in [0.3, 0.4) is 0 Å². The lowest BCUT2D eigenvalue weighted by Gasteiger charge is -2.37. The molecule has 0 bridgehead atoms. The van der Waals surface area contributed by atoms with Crippen LogP contribution in [0.25, 0.3) is 0 Å². The maximum atomic E-state index is 12.4. The smallest absolute Gasteiger partial charge is 0.264 e. The van der Waals surface area contributed by atoms with Crippen molar-refractivity contribution in [2.45, 2.75) is 13.0 Å². The van der Waals surface area contributed by atoms with Gasteiger partial charge in [-0.1, -0.05) is 5.16 Å². The molecule has 0 aliphatic carbocycles. The van der Waals surface area contributed by atoms with Gasteiger partial charge in [0.05, 0.1) is 14.7 Å². The fraction of sp³-hybridized carbons (Fsp3) is 0.500. The van der Waals surface area contributed by atoms with Crippen molar-refractivity contribution in [1.82, 2.24) is 9.80 Å². The molecule has 2 heterocycles. The third-order valence-corrected chi connectivity index (χ3v) is 6.79. The third kappa shape index (κ3) is 3.77. The van der Waals surface area contributed by atoms with Gasteiger partial charge in [0.1, 0.15) is 0 Å². The van der Waals surface area contributed by atoms with Gasteiger partial charge in [-0.3, -0.25) is 9.69 Å². The topological polar surface area (TPSA) is 82.2 Å². The second-order valence-electron chi connectivity index (χ2n) is 4.76. The molecule has 1 saturated heterocycles. The van der Waals surface area contributed by atoms with Crippen LogP contribution in [0.5, 0.6) is 0 Å². The number of hydrogen-bond donors (Lipinski definition) is 2. The Kier molecular flexibility index (Phi) is 5.64. The summed E-state index contributed by atoms with van der Waals surface area (Å²) in [4.78, 5) is 17.1. The summed E-state index contributed by atoms with van der Waals surface area (Å²) in [7, 11) is 0. The molecule has 0 aromatic carbocycles. The summed E-state index contributed by atoms with van der Waals surface area (Å²) in [5.74, 6) is 0.239. The lowest BCUT2D eigenvalue weighted by molar-refractivity contribution is 0.0623. The van der Waals surface area contributed by atoms with Gasteiger partial charge in [0, 0.05) is 30.7 Å². The van der Waals surface area contributed by atoms with E-state index in [9.17, 15) is 4.79 Å². The Labute approximate surface area is 143 Å². The van der Waals surface area contributed by atoms with Crippen molar-refractivity contribution >= 4 is 54.9 Å². The number of hydrogen-bond acceptors (Lipinski definition) is 5. The minimum atomic E-state index is -0.128. The summed E-state index contributed by atoms with van der Waals surface area (Å²) < 4.78 is 1.82. The first kappa shape index (κ1) is 16.7. The number of oxime groups is 1. The number of halogens is 2. The molecule has 1 aromatic heterocycles.